The van der Waals surface area contributed by atoms with E-state index in [0.29, 0.717) is 27.3 Å². The molecule has 1 aromatic carbocycles. The van der Waals surface area contributed by atoms with Gasteiger partial charge in [-0.1, -0.05) is 23.2 Å². The van der Waals surface area contributed by atoms with Crippen molar-refractivity contribution in [2.24, 2.45) is 0 Å². The van der Waals surface area contributed by atoms with E-state index in [0.717, 1.165) is 6.08 Å². The van der Waals surface area contributed by atoms with Gasteiger partial charge in [-0.15, -0.1) is 0 Å². The van der Waals surface area contributed by atoms with Crippen molar-refractivity contribution in [3.05, 3.63) is 40.1 Å². The van der Waals surface area contributed by atoms with Crippen LogP contribution in [0.4, 0.5) is 0 Å². The molecule has 0 aliphatic carbocycles. The minimum Gasteiger partial charge on any atom is -0.478 e. The molecular weight excluding hydrogens is 277 g/mol. The summed E-state index contributed by atoms with van der Waals surface area (Å²) in [4.78, 5) is 14.5. The number of halogens is 2. The van der Waals surface area contributed by atoms with Gasteiger partial charge in [0.2, 0.25) is 0 Å². The van der Waals surface area contributed by atoms with Crippen LogP contribution in [0.15, 0.2) is 24.3 Å². The first-order valence-corrected chi connectivity index (χ1v) is 5.60. The number of carboxylic acid groups (broad SMARTS) is 1. The molecule has 1 heterocycles. The standard InChI is InChI=1S/C11H7Cl2N3O2/c12-7-3-6(4-8(13)5-7)11-14-9(15-16-11)1-2-10(17)18/h1-5H,(H,17,18)(H,14,15,16). The Bertz CT molecular complexity index is 602. The van der Waals surface area contributed by atoms with Crippen LogP contribution >= 0.6 is 23.2 Å². The molecule has 5 nitrogen and oxygen atoms in total. The van der Waals surface area contributed by atoms with Gasteiger partial charge >= 0.3 is 5.97 Å². The van der Waals surface area contributed by atoms with Gasteiger partial charge in [0, 0.05) is 21.7 Å². The molecule has 0 fully saturated rings. The Hall–Kier alpha value is -1.85. The summed E-state index contributed by atoms with van der Waals surface area (Å²) in [5, 5.41) is 16.0. The summed E-state index contributed by atoms with van der Waals surface area (Å²) < 4.78 is 0. The molecule has 92 valence electrons. The molecule has 0 spiro atoms. The van der Waals surface area contributed by atoms with Crippen molar-refractivity contribution in [3.8, 4) is 11.4 Å². The molecule has 2 N–H and O–H groups in total. The SMILES string of the molecule is O=C(O)C=Cc1nc(-c2cc(Cl)cc(Cl)c2)n[nH]1. The first kappa shape index (κ1) is 12.6. The number of aromatic amines is 1. The van der Waals surface area contributed by atoms with E-state index >= 15 is 0 Å². The summed E-state index contributed by atoms with van der Waals surface area (Å²) in [6.45, 7) is 0. The Kier molecular flexibility index (Phi) is 3.64. The van der Waals surface area contributed by atoms with Gasteiger partial charge in [0.25, 0.3) is 0 Å². The zero-order chi connectivity index (χ0) is 13.1. The number of aromatic nitrogens is 3. The molecule has 0 saturated carbocycles. The normalized spacial score (nSPS) is 11.0. The lowest BCUT2D eigenvalue weighted by molar-refractivity contribution is -0.131. The summed E-state index contributed by atoms with van der Waals surface area (Å²) in [5.74, 6) is -0.327. The second-order valence-electron chi connectivity index (χ2n) is 3.37. The van der Waals surface area contributed by atoms with Crippen molar-refractivity contribution >= 4 is 35.2 Å². The Morgan fingerprint density at radius 3 is 2.56 bits per heavy atom. The fraction of sp³-hybridized carbons (Fsp3) is 0. The van der Waals surface area contributed by atoms with Crippen molar-refractivity contribution in [1.29, 1.82) is 0 Å². The second-order valence-corrected chi connectivity index (χ2v) is 4.25. The van der Waals surface area contributed by atoms with E-state index in [1.807, 2.05) is 0 Å². The number of nitrogens with one attached hydrogen (secondary N) is 1. The number of carbonyl (C=O) groups is 1. The zero-order valence-corrected chi connectivity index (χ0v) is 10.4. The van der Waals surface area contributed by atoms with Crippen molar-refractivity contribution in [2.75, 3.05) is 0 Å². The molecule has 0 radical (unpaired) electrons. The predicted octanol–water partition coefficient (Wildman–Crippen LogP) is 2.88. The van der Waals surface area contributed by atoms with E-state index in [1.54, 1.807) is 18.2 Å². The van der Waals surface area contributed by atoms with Crippen LogP contribution in [0.3, 0.4) is 0 Å². The monoisotopic (exact) mass is 283 g/mol. The fourth-order valence-electron chi connectivity index (χ4n) is 1.31. The van der Waals surface area contributed by atoms with Gasteiger partial charge in [0.05, 0.1) is 0 Å². The third-order valence-corrected chi connectivity index (χ3v) is 2.44. The lowest BCUT2D eigenvalue weighted by Crippen LogP contribution is -1.86. The number of hydrogen-bond acceptors (Lipinski definition) is 3. The second kappa shape index (κ2) is 5.20. The van der Waals surface area contributed by atoms with Gasteiger partial charge < -0.3 is 5.11 Å². The van der Waals surface area contributed by atoms with Gasteiger partial charge in [-0.2, -0.15) is 5.10 Å². The van der Waals surface area contributed by atoms with Crippen LogP contribution in [0.25, 0.3) is 17.5 Å². The number of benzene rings is 1. The lowest BCUT2D eigenvalue weighted by Gasteiger charge is -1.97. The number of H-pyrrole nitrogens is 1. The van der Waals surface area contributed by atoms with E-state index < -0.39 is 5.97 Å². The largest absolute Gasteiger partial charge is 0.478 e. The van der Waals surface area contributed by atoms with E-state index in [4.69, 9.17) is 28.3 Å². The number of aliphatic carboxylic acids is 1. The predicted molar refractivity (Wildman–Crippen MR) is 68.5 cm³/mol. The Morgan fingerprint density at radius 2 is 1.94 bits per heavy atom. The quantitative estimate of drug-likeness (QED) is 0.849. The van der Waals surface area contributed by atoms with Crippen molar-refractivity contribution < 1.29 is 9.90 Å². The Balaban J connectivity index is 2.32. The highest BCUT2D eigenvalue weighted by molar-refractivity contribution is 6.35. The number of hydrogen-bond donors (Lipinski definition) is 2. The number of rotatable bonds is 3. The molecule has 0 amide bonds. The molecule has 0 unspecified atom stereocenters. The van der Waals surface area contributed by atoms with Gasteiger partial charge in [0.15, 0.2) is 5.82 Å². The third-order valence-electron chi connectivity index (χ3n) is 2.01. The van der Waals surface area contributed by atoms with E-state index in [9.17, 15) is 4.79 Å². The van der Waals surface area contributed by atoms with Crippen LogP contribution in [-0.2, 0) is 4.79 Å². The molecule has 0 aliphatic rings. The molecule has 18 heavy (non-hydrogen) atoms. The van der Waals surface area contributed by atoms with Crippen LogP contribution in [0, 0.1) is 0 Å². The molecule has 2 aromatic rings. The van der Waals surface area contributed by atoms with Crippen molar-refractivity contribution in [3.63, 3.8) is 0 Å². The maximum Gasteiger partial charge on any atom is 0.328 e. The highest BCUT2D eigenvalue weighted by atomic mass is 35.5. The first-order chi connectivity index (χ1) is 8.54. The molecule has 0 saturated heterocycles. The molecule has 0 aliphatic heterocycles. The molecule has 0 atom stereocenters. The minimum atomic E-state index is -1.06. The van der Waals surface area contributed by atoms with Crippen molar-refractivity contribution in [2.45, 2.75) is 0 Å². The van der Waals surface area contributed by atoms with E-state index in [2.05, 4.69) is 15.2 Å². The highest BCUT2D eigenvalue weighted by Crippen LogP contribution is 2.24. The maximum atomic E-state index is 10.4. The van der Waals surface area contributed by atoms with E-state index in [-0.39, 0.29) is 0 Å². The topological polar surface area (TPSA) is 78.9 Å². The van der Waals surface area contributed by atoms with E-state index in [1.165, 1.54) is 6.08 Å². The smallest absolute Gasteiger partial charge is 0.328 e. The van der Waals surface area contributed by atoms with Gasteiger partial charge in [-0.05, 0) is 24.3 Å². The molecular formula is C11H7Cl2N3O2. The van der Waals surface area contributed by atoms with Gasteiger partial charge in [-0.25, -0.2) is 9.78 Å². The van der Waals surface area contributed by atoms with Crippen molar-refractivity contribution in [1.82, 2.24) is 15.2 Å². The summed E-state index contributed by atoms with van der Waals surface area (Å²) in [6.07, 6.45) is 2.28. The Labute approximate surface area is 112 Å². The minimum absolute atomic E-state index is 0.337. The molecule has 2 rings (SSSR count). The maximum absolute atomic E-state index is 10.4. The van der Waals surface area contributed by atoms with Crippen LogP contribution in [0.1, 0.15) is 5.82 Å². The summed E-state index contributed by atoms with van der Waals surface area (Å²) in [7, 11) is 0. The number of carboxylic acids is 1. The molecule has 1 aromatic heterocycles. The van der Waals surface area contributed by atoms with Gasteiger partial charge in [-0.3, -0.25) is 5.10 Å². The first-order valence-electron chi connectivity index (χ1n) is 4.84. The summed E-state index contributed by atoms with van der Waals surface area (Å²) in [6, 6.07) is 4.94. The Morgan fingerprint density at radius 1 is 1.28 bits per heavy atom. The van der Waals surface area contributed by atoms with Crippen LogP contribution in [0.2, 0.25) is 10.0 Å². The fourth-order valence-corrected chi connectivity index (χ4v) is 1.84. The van der Waals surface area contributed by atoms with Crippen LogP contribution in [-0.4, -0.2) is 26.3 Å². The van der Waals surface area contributed by atoms with Gasteiger partial charge in [0.1, 0.15) is 5.82 Å². The average Bonchev–Trinajstić information content (AvgIpc) is 2.73. The van der Waals surface area contributed by atoms with Crippen LogP contribution in [0.5, 0.6) is 0 Å². The molecule has 0 bridgehead atoms. The highest BCUT2D eigenvalue weighted by Gasteiger charge is 2.06. The third kappa shape index (κ3) is 3.09. The zero-order valence-electron chi connectivity index (χ0n) is 8.89. The average molecular weight is 284 g/mol. The van der Waals surface area contributed by atoms with Crippen LogP contribution < -0.4 is 0 Å². The summed E-state index contributed by atoms with van der Waals surface area (Å²) >= 11 is 11.7. The number of nitrogens with zero attached hydrogens (tertiary/aromatic N) is 2. The molecule has 7 heteroatoms. The lowest BCUT2D eigenvalue weighted by atomic mass is 10.2. The summed E-state index contributed by atoms with van der Waals surface area (Å²) in [5.41, 5.74) is 0.652.